The van der Waals surface area contributed by atoms with Gasteiger partial charge in [0.2, 0.25) is 0 Å². The zero-order valence-electron chi connectivity index (χ0n) is 9.72. The van der Waals surface area contributed by atoms with Gasteiger partial charge in [-0.05, 0) is 12.8 Å². The second-order valence-electron chi connectivity index (χ2n) is 4.72. The number of likely N-dealkylation sites (tertiary alicyclic amines) is 1. The van der Waals surface area contributed by atoms with E-state index < -0.39 is 0 Å². The lowest BCUT2D eigenvalue weighted by Gasteiger charge is -2.22. The maximum atomic E-state index is 6.03. The lowest BCUT2D eigenvalue weighted by atomic mass is 10.1. The number of rotatable bonds is 2. The molecular weight excluding hydrogens is 188 g/mol. The van der Waals surface area contributed by atoms with E-state index in [0.29, 0.717) is 18.0 Å². The van der Waals surface area contributed by atoms with Crippen molar-refractivity contribution < 1.29 is 0 Å². The van der Waals surface area contributed by atoms with Crippen molar-refractivity contribution in [2.75, 3.05) is 13.1 Å². The maximum absolute atomic E-state index is 6.03. The molecule has 2 N–H and O–H groups in total. The van der Waals surface area contributed by atoms with Crippen LogP contribution in [0.2, 0.25) is 0 Å². The van der Waals surface area contributed by atoms with E-state index in [-0.39, 0.29) is 0 Å². The average Bonchev–Trinajstić information content (AvgIpc) is 2.74. The first-order valence-corrected chi connectivity index (χ1v) is 5.56. The molecular formula is C11H20N4. The van der Waals surface area contributed by atoms with Gasteiger partial charge in [0.25, 0.3) is 0 Å². The normalized spacial score (nSPS) is 29.6. The molecule has 0 aliphatic carbocycles. The molecule has 84 valence electrons. The van der Waals surface area contributed by atoms with Crippen LogP contribution in [0.25, 0.3) is 0 Å². The number of nitrogens with two attached hydrogens (primary N) is 1. The van der Waals surface area contributed by atoms with Gasteiger partial charge in [0.1, 0.15) is 0 Å². The summed E-state index contributed by atoms with van der Waals surface area (Å²) in [6.45, 7) is 6.54. The van der Waals surface area contributed by atoms with Crippen molar-refractivity contribution in [2.24, 2.45) is 18.7 Å². The van der Waals surface area contributed by atoms with Crippen molar-refractivity contribution in [2.45, 2.75) is 25.9 Å². The fourth-order valence-electron chi connectivity index (χ4n) is 2.21. The van der Waals surface area contributed by atoms with Crippen molar-refractivity contribution in [3.05, 3.63) is 18.0 Å². The molecule has 1 aliphatic heterocycles. The van der Waals surface area contributed by atoms with Gasteiger partial charge in [0, 0.05) is 44.0 Å². The quantitative estimate of drug-likeness (QED) is 0.780. The molecule has 0 saturated carbocycles. The zero-order chi connectivity index (χ0) is 11.0. The van der Waals surface area contributed by atoms with Crippen molar-refractivity contribution in [3.8, 4) is 0 Å². The standard InChI is InChI=1S/C11H20N4/c1-8-5-15(7-11(8)12)9(2)10-4-13-14(3)6-10/h4,6,8-9,11H,5,7,12H2,1-3H3. The minimum Gasteiger partial charge on any atom is -0.326 e. The fourth-order valence-corrected chi connectivity index (χ4v) is 2.21. The smallest absolute Gasteiger partial charge is 0.0537 e. The Hall–Kier alpha value is -0.870. The first kappa shape index (κ1) is 10.6. The van der Waals surface area contributed by atoms with Crippen LogP contribution in [0.5, 0.6) is 0 Å². The number of hydrogen-bond donors (Lipinski definition) is 1. The van der Waals surface area contributed by atoms with E-state index >= 15 is 0 Å². The lowest BCUT2D eigenvalue weighted by molar-refractivity contribution is 0.253. The van der Waals surface area contributed by atoms with Gasteiger partial charge >= 0.3 is 0 Å². The molecule has 0 aromatic carbocycles. The Morgan fingerprint density at radius 1 is 1.53 bits per heavy atom. The molecule has 0 radical (unpaired) electrons. The summed E-state index contributed by atoms with van der Waals surface area (Å²) in [5.74, 6) is 0.601. The molecule has 4 heteroatoms. The predicted molar refractivity (Wildman–Crippen MR) is 60.3 cm³/mol. The van der Waals surface area contributed by atoms with Crippen LogP contribution in [0.1, 0.15) is 25.5 Å². The third-order valence-corrected chi connectivity index (χ3v) is 3.45. The average molecular weight is 208 g/mol. The topological polar surface area (TPSA) is 47.1 Å². The van der Waals surface area contributed by atoms with E-state index in [0.717, 1.165) is 13.1 Å². The van der Waals surface area contributed by atoms with Gasteiger partial charge in [-0.2, -0.15) is 5.10 Å². The molecule has 3 atom stereocenters. The second kappa shape index (κ2) is 3.94. The Kier molecular flexibility index (Phi) is 2.80. The highest BCUT2D eigenvalue weighted by Gasteiger charge is 2.30. The van der Waals surface area contributed by atoms with Gasteiger partial charge in [-0.15, -0.1) is 0 Å². The van der Waals surface area contributed by atoms with E-state index in [1.807, 2.05) is 17.9 Å². The molecule has 1 aromatic rings. The van der Waals surface area contributed by atoms with E-state index in [1.165, 1.54) is 5.56 Å². The number of aromatic nitrogens is 2. The summed E-state index contributed by atoms with van der Waals surface area (Å²) in [5, 5.41) is 4.21. The highest BCUT2D eigenvalue weighted by atomic mass is 15.3. The Labute approximate surface area is 91.1 Å². The van der Waals surface area contributed by atoms with Crippen molar-refractivity contribution in [1.82, 2.24) is 14.7 Å². The zero-order valence-corrected chi connectivity index (χ0v) is 9.72. The highest BCUT2D eigenvalue weighted by molar-refractivity contribution is 5.10. The van der Waals surface area contributed by atoms with E-state index in [1.54, 1.807) is 0 Å². The third-order valence-electron chi connectivity index (χ3n) is 3.45. The van der Waals surface area contributed by atoms with E-state index in [4.69, 9.17) is 5.73 Å². The first-order chi connectivity index (χ1) is 7.08. The van der Waals surface area contributed by atoms with Gasteiger partial charge in [0.05, 0.1) is 6.20 Å². The van der Waals surface area contributed by atoms with Crippen molar-refractivity contribution in [1.29, 1.82) is 0 Å². The molecule has 1 aliphatic rings. The molecule has 4 nitrogen and oxygen atoms in total. The van der Waals surface area contributed by atoms with Crippen LogP contribution in [0.15, 0.2) is 12.4 Å². The summed E-state index contributed by atoms with van der Waals surface area (Å²) in [6, 6.07) is 0.749. The van der Waals surface area contributed by atoms with Crippen LogP contribution >= 0.6 is 0 Å². The molecule has 1 fully saturated rings. The number of aryl methyl sites for hydroxylation is 1. The highest BCUT2D eigenvalue weighted by Crippen LogP contribution is 2.26. The molecule has 3 unspecified atom stereocenters. The Bertz CT molecular complexity index is 323. The molecule has 2 rings (SSSR count). The van der Waals surface area contributed by atoms with E-state index in [9.17, 15) is 0 Å². The molecule has 0 amide bonds. The van der Waals surface area contributed by atoms with Crippen LogP contribution in [-0.4, -0.2) is 33.8 Å². The molecule has 1 aromatic heterocycles. The summed E-state index contributed by atoms with van der Waals surface area (Å²) in [6.07, 6.45) is 4.03. The SMILES string of the molecule is CC1CN(C(C)c2cnn(C)c2)CC1N. The molecule has 0 spiro atoms. The number of nitrogens with zero attached hydrogens (tertiary/aromatic N) is 3. The van der Waals surface area contributed by atoms with Crippen LogP contribution in [-0.2, 0) is 7.05 Å². The molecule has 15 heavy (non-hydrogen) atoms. The summed E-state index contributed by atoms with van der Waals surface area (Å²) in [4.78, 5) is 2.44. The minimum absolute atomic E-state index is 0.323. The number of hydrogen-bond acceptors (Lipinski definition) is 3. The van der Waals surface area contributed by atoms with Crippen LogP contribution < -0.4 is 5.73 Å². The lowest BCUT2D eigenvalue weighted by Crippen LogP contribution is -2.29. The summed E-state index contributed by atoms with van der Waals surface area (Å²) >= 11 is 0. The summed E-state index contributed by atoms with van der Waals surface area (Å²) in [7, 11) is 1.95. The van der Waals surface area contributed by atoms with Crippen molar-refractivity contribution in [3.63, 3.8) is 0 Å². The van der Waals surface area contributed by atoms with Gasteiger partial charge in [-0.3, -0.25) is 9.58 Å². The van der Waals surface area contributed by atoms with E-state index in [2.05, 4.69) is 30.0 Å². The second-order valence-corrected chi connectivity index (χ2v) is 4.72. The maximum Gasteiger partial charge on any atom is 0.0537 e. The van der Waals surface area contributed by atoms with Crippen LogP contribution in [0, 0.1) is 5.92 Å². The van der Waals surface area contributed by atoms with Crippen LogP contribution in [0.4, 0.5) is 0 Å². The van der Waals surface area contributed by atoms with Crippen molar-refractivity contribution >= 4 is 0 Å². The third kappa shape index (κ3) is 2.06. The Morgan fingerprint density at radius 2 is 2.27 bits per heavy atom. The summed E-state index contributed by atoms with van der Waals surface area (Å²) < 4.78 is 1.85. The van der Waals surface area contributed by atoms with Gasteiger partial charge < -0.3 is 5.73 Å². The largest absolute Gasteiger partial charge is 0.326 e. The van der Waals surface area contributed by atoms with Gasteiger partial charge in [-0.25, -0.2) is 0 Å². The predicted octanol–water partition coefficient (Wildman–Crippen LogP) is 0.760. The first-order valence-electron chi connectivity index (χ1n) is 5.56. The molecule has 1 saturated heterocycles. The van der Waals surface area contributed by atoms with Gasteiger partial charge in [-0.1, -0.05) is 6.92 Å². The minimum atomic E-state index is 0.323. The fraction of sp³-hybridized carbons (Fsp3) is 0.727. The monoisotopic (exact) mass is 208 g/mol. The molecule has 0 bridgehead atoms. The summed E-state index contributed by atoms with van der Waals surface area (Å²) in [5.41, 5.74) is 7.30. The Balaban J connectivity index is 2.06. The van der Waals surface area contributed by atoms with Gasteiger partial charge in [0.15, 0.2) is 0 Å². The molecule has 2 heterocycles. The Morgan fingerprint density at radius 3 is 2.73 bits per heavy atom. The van der Waals surface area contributed by atoms with Crippen LogP contribution in [0.3, 0.4) is 0 Å².